The van der Waals surface area contributed by atoms with Crippen LogP contribution in [0.15, 0.2) is 42.5 Å². The Hall–Kier alpha value is -1.18. The molecule has 1 nitrogen and oxygen atoms in total. The summed E-state index contributed by atoms with van der Waals surface area (Å²) < 4.78 is 5.42. The zero-order valence-electron chi connectivity index (χ0n) is 11.0. The van der Waals surface area contributed by atoms with E-state index in [1.807, 2.05) is 56.3 Å². The third kappa shape index (κ3) is 3.43. The number of ether oxygens (including phenoxy) is 1. The molecule has 0 amide bonds. The van der Waals surface area contributed by atoms with Gasteiger partial charge in [-0.3, -0.25) is 0 Å². The molecule has 0 heterocycles. The van der Waals surface area contributed by atoms with Crippen LogP contribution in [-0.4, -0.2) is 6.61 Å². The van der Waals surface area contributed by atoms with Crippen molar-refractivity contribution in [2.24, 2.45) is 0 Å². The van der Waals surface area contributed by atoms with E-state index < -0.39 is 0 Å². The summed E-state index contributed by atoms with van der Waals surface area (Å²) >= 11 is 12.5. The summed E-state index contributed by atoms with van der Waals surface area (Å²) in [5.74, 6) is 0.863. The van der Waals surface area contributed by atoms with E-state index in [0.717, 1.165) is 27.5 Å². The van der Waals surface area contributed by atoms with Gasteiger partial charge in [-0.2, -0.15) is 0 Å². The van der Waals surface area contributed by atoms with Gasteiger partial charge in [-0.1, -0.05) is 35.9 Å². The molecule has 0 bridgehead atoms. The van der Waals surface area contributed by atoms with Crippen LogP contribution in [0, 0.1) is 6.92 Å². The minimum absolute atomic E-state index is 0.174. The van der Waals surface area contributed by atoms with Gasteiger partial charge in [0, 0.05) is 5.02 Å². The van der Waals surface area contributed by atoms with E-state index in [0.29, 0.717) is 6.61 Å². The van der Waals surface area contributed by atoms with Gasteiger partial charge in [-0.15, -0.1) is 11.6 Å². The van der Waals surface area contributed by atoms with Gasteiger partial charge in [0.2, 0.25) is 0 Å². The molecular formula is C16H16Cl2O. The molecule has 3 heteroatoms. The molecule has 0 saturated heterocycles. The number of aryl methyl sites for hydroxylation is 1. The molecule has 0 N–H and O–H groups in total. The second-order valence-electron chi connectivity index (χ2n) is 4.37. The van der Waals surface area contributed by atoms with E-state index in [4.69, 9.17) is 27.9 Å². The number of alkyl halides is 1. The van der Waals surface area contributed by atoms with E-state index in [2.05, 4.69) is 0 Å². The lowest BCUT2D eigenvalue weighted by atomic mass is 10.0. The van der Waals surface area contributed by atoms with E-state index in [1.165, 1.54) is 0 Å². The molecule has 2 aromatic rings. The molecule has 0 spiro atoms. The van der Waals surface area contributed by atoms with Crippen LogP contribution in [0.2, 0.25) is 5.02 Å². The molecule has 0 aromatic heterocycles. The molecule has 0 aliphatic heterocycles. The van der Waals surface area contributed by atoms with E-state index in [1.54, 1.807) is 0 Å². The van der Waals surface area contributed by atoms with Crippen LogP contribution in [-0.2, 0) is 0 Å². The molecule has 2 rings (SSSR count). The maximum atomic E-state index is 6.50. The van der Waals surface area contributed by atoms with Gasteiger partial charge in [-0.25, -0.2) is 0 Å². The van der Waals surface area contributed by atoms with Crippen LogP contribution in [0.5, 0.6) is 5.75 Å². The van der Waals surface area contributed by atoms with Gasteiger partial charge in [0.1, 0.15) is 5.75 Å². The Kier molecular flexibility index (Phi) is 4.73. The number of benzene rings is 2. The average Bonchev–Trinajstić information content (AvgIpc) is 2.42. The average molecular weight is 295 g/mol. The van der Waals surface area contributed by atoms with Crippen LogP contribution in [0.4, 0.5) is 0 Å². The zero-order chi connectivity index (χ0) is 13.8. The quantitative estimate of drug-likeness (QED) is 0.688. The van der Waals surface area contributed by atoms with Crippen molar-refractivity contribution < 1.29 is 4.74 Å². The second kappa shape index (κ2) is 6.31. The Morgan fingerprint density at radius 1 is 1.05 bits per heavy atom. The van der Waals surface area contributed by atoms with Crippen LogP contribution >= 0.6 is 23.2 Å². The van der Waals surface area contributed by atoms with Crippen molar-refractivity contribution in [2.75, 3.05) is 6.61 Å². The van der Waals surface area contributed by atoms with Crippen molar-refractivity contribution in [3.63, 3.8) is 0 Å². The first-order chi connectivity index (χ1) is 9.11. The van der Waals surface area contributed by atoms with Crippen molar-refractivity contribution >= 4 is 23.2 Å². The lowest BCUT2D eigenvalue weighted by Crippen LogP contribution is -1.95. The first kappa shape index (κ1) is 14.2. The molecule has 0 fully saturated rings. The first-order valence-corrected chi connectivity index (χ1v) is 7.06. The largest absolute Gasteiger partial charge is 0.494 e. The summed E-state index contributed by atoms with van der Waals surface area (Å²) in [5.41, 5.74) is 3.13. The number of hydrogen-bond acceptors (Lipinski definition) is 1. The molecule has 0 radical (unpaired) electrons. The molecular weight excluding hydrogens is 279 g/mol. The molecule has 0 aliphatic carbocycles. The van der Waals surface area contributed by atoms with Crippen molar-refractivity contribution in [2.45, 2.75) is 19.2 Å². The van der Waals surface area contributed by atoms with Crippen molar-refractivity contribution in [3.8, 4) is 5.75 Å². The predicted molar refractivity (Wildman–Crippen MR) is 81.5 cm³/mol. The predicted octanol–water partition coefficient (Wildman–Crippen LogP) is 5.38. The topological polar surface area (TPSA) is 9.23 Å². The molecule has 0 aliphatic rings. The zero-order valence-corrected chi connectivity index (χ0v) is 12.5. The van der Waals surface area contributed by atoms with E-state index >= 15 is 0 Å². The molecule has 1 atom stereocenters. The minimum Gasteiger partial charge on any atom is -0.494 e. The number of rotatable bonds is 4. The lowest BCUT2D eigenvalue weighted by molar-refractivity contribution is 0.340. The SMILES string of the molecule is CCOc1ccc(C(Cl)c2ccc(Cl)c(C)c2)cc1. The van der Waals surface area contributed by atoms with Crippen LogP contribution in [0.25, 0.3) is 0 Å². The van der Waals surface area contributed by atoms with Crippen molar-refractivity contribution in [1.29, 1.82) is 0 Å². The highest BCUT2D eigenvalue weighted by molar-refractivity contribution is 6.31. The van der Waals surface area contributed by atoms with Crippen LogP contribution < -0.4 is 4.74 Å². The van der Waals surface area contributed by atoms with Crippen molar-refractivity contribution in [3.05, 3.63) is 64.2 Å². The van der Waals surface area contributed by atoms with Gasteiger partial charge >= 0.3 is 0 Å². The fourth-order valence-corrected chi connectivity index (χ4v) is 2.32. The standard InChI is InChI=1S/C16H16Cl2O/c1-3-19-14-7-4-12(5-8-14)16(18)13-6-9-15(17)11(2)10-13/h4-10,16H,3H2,1-2H3. The third-order valence-corrected chi connectivity index (χ3v) is 3.89. The second-order valence-corrected chi connectivity index (χ2v) is 5.22. The highest BCUT2D eigenvalue weighted by Crippen LogP contribution is 2.31. The smallest absolute Gasteiger partial charge is 0.119 e. The van der Waals surface area contributed by atoms with E-state index in [-0.39, 0.29) is 5.38 Å². The Balaban J connectivity index is 2.22. The summed E-state index contributed by atoms with van der Waals surface area (Å²) in [4.78, 5) is 0. The summed E-state index contributed by atoms with van der Waals surface area (Å²) in [6.07, 6.45) is 0. The molecule has 2 aromatic carbocycles. The lowest BCUT2D eigenvalue weighted by Gasteiger charge is -2.12. The van der Waals surface area contributed by atoms with Gasteiger partial charge in [0.25, 0.3) is 0 Å². The third-order valence-electron chi connectivity index (χ3n) is 2.96. The molecule has 19 heavy (non-hydrogen) atoms. The monoisotopic (exact) mass is 294 g/mol. The normalized spacial score (nSPS) is 12.2. The van der Waals surface area contributed by atoms with E-state index in [9.17, 15) is 0 Å². The van der Waals surface area contributed by atoms with Gasteiger partial charge in [-0.05, 0) is 48.7 Å². The summed E-state index contributed by atoms with van der Waals surface area (Å²) in [7, 11) is 0. The molecule has 100 valence electrons. The highest BCUT2D eigenvalue weighted by Gasteiger charge is 2.11. The Bertz CT molecular complexity index is 549. The number of hydrogen-bond donors (Lipinski definition) is 0. The number of halogens is 2. The Morgan fingerprint density at radius 2 is 1.68 bits per heavy atom. The minimum atomic E-state index is -0.174. The highest BCUT2D eigenvalue weighted by atomic mass is 35.5. The summed E-state index contributed by atoms with van der Waals surface area (Å²) in [6.45, 7) is 4.61. The summed E-state index contributed by atoms with van der Waals surface area (Å²) in [6, 6.07) is 13.7. The maximum Gasteiger partial charge on any atom is 0.119 e. The fourth-order valence-electron chi connectivity index (χ4n) is 1.92. The van der Waals surface area contributed by atoms with Gasteiger partial charge in [0.05, 0.1) is 12.0 Å². The van der Waals surface area contributed by atoms with Crippen LogP contribution in [0.1, 0.15) is 29.0 Å². The fraction of sp³-hybridized carbons (Fsp3) is 0.250. The van der Waals surface area contributed by atoms with Crippen molar-refractivity contribution in [1.82, 2.24) is 0 Å². The molecule has 1 unspecified atom stereocenters. The molecule has 0 saturated carbocycles. The van der Waals surface area contributed by atoms with Crippen LogP contribution in [0.3, 0.4) is 0 Å². The Labute approximate surface area is 124 Å². The van der Waals surface area contributed by atoms with Gasteiger partial charge < -0.3 is 4.74 Å². The first-order valence-electron chi connectivity index (χ1n) is 6.24. The van der Waals surface area contributed by atoms with Gasteiger partial charge in [0.15, 0.2) is 0 Å². The summed E-state index contributed by atoms with van der Waals surface area (Å²) in [5, 5.41) is 0.589. The Morgan fingerprint density at radius 3 is 2.26 bits per heavy atom. The maximum absolute atomic E-state index is 6.50.